The molecule has 206 valence electrons. The summed E-state index contributed by atoms with van der Waals surface area (Å²) in [7, 11) is -3.57. The Hall–Kier alpha value is -2.40. The number of aryl methyl sites for hydroxylation is 1. The number of piperidine rings is 1. The predicted octanol–water partition coefficient (Wildman–Crippen LogP) is 5.35. The van der Waals surface area contributed by atoms with Gasteiger partial charge < -0.3 is 14.0 Å². The number of rotatable bonds is 12. The summed E-state index contributed by atoms with van der Waals surface area (Å²) >= 11 is 1.59. The Kier molecular flexibility index (Phi) is 9.86. The second-order valence-electron chi connectivity index (χ2n) is 9.56. The summed E-state index contributed by atoms with van der Waals surface area (Å²) in [5.74, 6) is 0.697. The number of benzene rings is 2. The predicted molar refractivity (Wildman–Crippen MR) is 150 cm³/mol. The highest BCUT2D eigenvalue weighted by Crippen LogP contribution is 2.30. The minimum absolute atomic E-state index is 0.296. The number of nitrogens with zero attached hydrogens (tertiary/aromatic N) is 3. The van der Waals surface area contributed by atoms with E-state index in [4.69, 9.17) is 14.5 Å². The highest BCUT2D eigenvalue weighted by atomic mass is 32.2. The molecular formula is C28H37N3O5S2. The van der Waals surface area contributed by atoms with Gasteiger partial charge in [-0.1, -0.05) is 30.8 Å². The van der Waals surface area contributed by atoms with Crippen molar-refractivity contribution in [1.82, 2.24) is 13.9 Å². The molecule has 2 aromatic carbocycles. The normalized spacial score (nSPS) is 16.7. The molecule has 0 unspecified atom stereocenters. The average Bonchev–Trinajstić information content (AvgIpc) is 3.27. The van der Waals surface area contributed by atoms with Crippen LogP contribution in [0.15, 0.2) is 52.5 Å². The Morgan fingerprint density at radius 2 is 1.92 bits per heavy atom. The van der Waals surface area contributed by atoms with E-state index in [-0.39, 0.29) is 5.97 Å². The Balaban J connectivity index is 1.57. The van der Waals surface area contributed by atoms with E-state index in [2.05, 4.69) is 11.5 Å². The topological polar surface area (TPSA) is 90.7 Å². The van der Waals surface area contributed by atoms with E-state index in [1.54, 1.807) is 47.3 Å². The first-order chi connectivity index (χ1) is 18.3. The van der Waals surface area contributed by atoms with Crippen LogP contribution in [0.1, 0.15) is 56.0 Å². The van der Waals surface area contributed by atoms with Gasteiger partial charge in [-0.2, -0.15) is 4.31 Å². The number of fused-ring (bicyclic) bond motifs is 1. The Morgan fingerprint density at radius 1 is 1.13 bits per heavy atom. The molecule has 0 bridgehead atoms. The number of imidazole rings is 1. The molecule has 1 aliphatic heterocycles. The van der Waals surface area contributed by atoms with Gasteiger partial charge >= 0.3 is 5.97 Å². The average molecular weight is 560 g/mol. The molecule has 2 heterocycles. The summed E-state index contributed by atoms with van der Waals surface area (Å²) in [6, 6.07) is 12.7. The van der Waals surface area contributed by atoms with E-state index in [1.807, 2.05) is 25.1 Å². The summed E-state index contributed by atoms with van der Waals surface area (Å²) in [5.41, 5.74) is 3.17. The van der Waals surface area contributed by atoms with Gasteiger partial charge in [0.1, 0.15) is 0 Å². The zero-order chi connectivity index (χ0) is 27.1. The third-order valence-corrected chi connectivity index (χ3v) is 9.56. The van der Waals surface area contributed by atoms with Gasteiger partial charge in [0, 0.05) is 38.6 Å². The van der Waals surface area contributed by atoms with Crippen molar-refractivity contribution in [3.05, 3.63) is 53.6 Å². The second-order valence-corrected chi connectivity index (χ2v) is 12.4. The first-order valence-electron chi connectivity index (χ1n) is 13.3. The lowest BCUT2D eigenvalue weighted by molar-refractivity contribution is 0.0526. The number of aromatic nitrogens is 2. The highest BCUT2D eigenvalue weighted by Gasteiger charge is 2.29. The van der Waals surface area contributed by atoms with Crippen LogP contribution in [0.2, 0.25) is 0 Å². The molecule has 10 heteroatoms. The first-order valence-corrected chi connectivity index (χ1v) is 15.7. The lowest BCUT2D eigenvalue weighted by atomic mass is 10.0. The number of carbonyl (C=O) groups excluding carboxylic acids is 1. The summed E-state index contributed by atoms with van der Waals surface area (Å²) in [6.07, 6.45) is 2.77. The number of sulfonamides is 1. The fourth-order valence-corrected chi connectivity index (χ4v) is 7.27. The van der Waals surface area contributed by atoms with Crippen LogP contribution in [0.5, 0.6) is 0 Å². The van der Waals surface area contributed by atoms with E-state index in [0.29, 0.717) is 60.6 Å². The maximum absolute atomic E-state index is 13.4. The van der Waals surface area contributed by atoms with Crippen molar-refractivity contribution in [1.29, 1.82) is 0 Å². The molecule has 38 heavy (non-hydrogen) atoms. The lowest BCUT2D eigenvalue weighted by Gasteiger charge is -2.30. The van der Waals surface area contributed by atoms with Crippen molar-refractivity contribution in [2.24, 2.45) is 5.92 Å². The van der Waals surface area contributed by atoms with E-state index in [1.165, 1.54) is 0 Å². The fraction of sp³-hybridized carbons (Fsp3) is 0.500. The zero-order valence-corrected chi connectivity index (χ0v) is 24.0. The van der Waals surface area contributed by atoms with Gasteiger partial charge in [-0.25, -0.2) is 18.2 Å². The van der Waals surface area contributed by atoms with Crippen LogP contribution >= 0.6 is 11.8 Å². The molecule has 8 nitrogen and oxygen atoms in total. The molecule has 0 saturated carbocycles. The van der Waals surface area contributed by atoms with Crippen molar-refractivity contribution < 1.29 is 22.7 Å². The molecule has 3 aromatic rings. The van der Waals surface area contributed by atoms with Crippen molar-refractivity contribution in [2.75, 3.05) is 32.9 Å². The van der Waals surface area contributed by atoms with Gasteiger partial charge in [0.05, 0.1) is 28.1 Å². The van der Waals surface area contributed by atoms with Crippen LogP contribution < -0.4 is 0 Å². The molecule has 4 rings (SSSR count). The largest absolute Gasteiger partial charge is 0.462 e. The Morgan fingerprint density at radius 3 is 2.63 bits per heavy atom. The molecule has 0 amide bonds. The van der Waals surface area contributed by atoms with E-state index >= 15 is 0 Å². The molecule has 1 aliphatic rings. The van der Waals surface area contributed by atoms with Crippen molar-refractivity contribution in [3.8, 4) is 0 Å². The summed E-state index contributed by atoms with van der Waals surface area (Å²) in [6.45, 7) is 9.37. The maximum Gasteiger partial charge on any atom is 0.338 e. The van der Waals surface area contributed by atoms with E-state index in [0.717, 1.165) is 42.0 Å². The standard InChI is InChI=1S/C28H37N3O5S2/c1-4-35-17-7-16-31-26-14-13-24(38(33,34)30-15-6-8-21(3)19-30)18-25(26)29-28(31)37-20-22-9-11-23(12-10-22)27(32)36-5-2/h9-14,18,21H,4-8,15-17,19-20H2,1-3H3/t21-/m1/s1. The maximum atomic E-state index is 13.4. The van der Waals surface area contributed by atoms with E-state index in [9.17, 15) is 13.2 Å². The van der Waals surface area contributed by atoms with Crippen LogP contribution in [0.25, 0.3) is 11.0 Å². The monoisotopic (exact) mass is 559 g/mol. The molecular weight excluding hydrogens is 522 g/mol. The minimum atomic E-state index is -3.57. The SMILES string of the molecule is CCOCCCn1c(SCc2ccc(C(=O)OCC)cc2)nc2cc(S(=O)(=O)N3CCC[C@@H](C)C3)ccc21. The van der Waals surface area contributed by atoms with Crippen molar-refractivity contribution in [3.63, 3.8) is 0 Å². The number of hydrogen-bond donors (Lipinski definition) is 0. The lowest BCUT2D eigenvalue weighted by Crippen LogP contribution is -2.39. The van der Waals surface area contributed by atoms with Crippen LogP contribution in [-0.2, 0) is 31.8 Å². The highest BCUT2D eigenvalue weighted by molar-refractivity contribution is 7.98. The van der Waals surface area contributed by atoms with Crippen molar-refractivity contribution in [2.45, 2.75) is 62.4 Å². The number of ether oxygens (including phenoxy) is 2. The van der Waals surface area contributed by atoms with Crippen LogP contribution in [0, 0.1) is 5.92 Å². The van der Waals surface area contributed by atoms with Gasteiger partial charge in [-0.15, -0.1) is 0 Å². The van der Waals surface area contributed by atoms with E-state index < -0.39 is 10.0 Å². The molecule has 1 saturated heterocycles. The van der Waals surface area contributed by atoms with Gasteiger partial charge in [0.15, 0.2) is 5.16 Å². The van der Waals surface area contributed by atoms with Gasteiger partial charge in [-0.3, -0.25) is 0 Å². The molecule has 0 spiro atoms. The molecule has 0 radical (unpaired) electrons. The fourth-order valence-electron chi connectivity index (χ4n) is 4.66. The van der Waals surface area contributed by atoms with Crippen LogP contribution in [-0.4, -0.2) is 61.2 Å². The van der Waals surface area contributed by atoms with Gasteiger partial charge in [0.2, 0.25) is 10.0 Å². The van der Waals surface area contributed by atoms with Crippen molar-refractivity contribution >= 4 is 38.8 Å². The zero-order valence-electron chi connectivity index (χ0n) is 22.4. The number of esters is 1. The van der Waals surface area contributed by atoms with Gasteiger partial charge in [0.25, 0.3) is 0 Å². The Labute approximate surface area is 229 Å². The second kappa shape index (κ2) is 13.1. The molecule has 0 N–H and O–H groups in total. The Bertz CT molecular complexity index is 1340. The molecule has 0 aliphatic carbocycles. The number of carbonyl (C=O) groups is 1. The number of hydrogen-bond acceptors (Lipinski definition) is 7. The third-order valence-electron chi connectivity index (χ3n) is 6.65. The summed E-state index contributed by atoms with van der Waals surface area (Å²) in [5, 5.41) is 0.826. The van der Waals surface area contributed by atoms with Gasteiger partial charge in [-0.05, 0) is 74.9 Å². The molecule has 1 aromatic heterocycles. The summed E-state index contributed by atoms with van der Waals surface area (Å²) in [4.78, 5) is 17.1. The third kappa shape index (κ3) is 6.77. The quantitative estimate of drug-likeness (QED) is 0.168. The smallest absolute Gasteiger partial charge is 0.338 e. The minimum Gasteiger partial charge on any atom is -0.462 e. The molecule has 1 atom stereocenters. The first kappa shape index (κ1) is 28.6. The summed E-state index contributed by atoms with van der Waals surface area (Å²) < 4.78 is 41.1. The van der Waals surface area contributed by atoms with Crippen LogP contribution in [0.3, 0.4) is 0 Å². The van der Waals surface area contributed by atoms with Crippen LogP contribution in [0.4, 0.5) is 0 Å². The number of thioether (sulfide) groups is 1. The molecule has 1 fully saturated rings.